The maximum absolute atomic E-state index is 12.5. The molecule has 0 radical (unpaired) electrons. The first-order valence-corrected chi connectivity index (χ1v) is 10.1. The van der Waals surface area contributed by atoms with Crippen LogP contribution in [-0.2, 0) is 11.3 Å². The lowest BCUT2D eigenvalue weighted by Crippen LogP contribution is -2.52. The molecule has 1 unspecified atom stereocenters. The smallest absolute Gasteiger partial charge is 0.410 e. The van der Waals surface area contributed by atoms with Crippen LogP contribution in [0, 0.1) is 0 Å². The highest BCUT2D eigenvalue weighted by atomic mass is 16.6. The van der Waals surface area contributed by atoms with Crippen LogP contribution in [0.1, 0.15) is 71.3 Å². The molecule has 8 nitrogen and oxygen atoms in total. The van der Waals surface area contributed by atoms with Gasteiger partial charge in [0.2, 0.25) is 0 Å². The van der Waals surface area contributed by atoms with E-state index in [9.17, 15) is 4.79 Å². The summed E-state index contributed by atoms with van der Waals surface area (Å²) in [6, 6.07) is 2.04. The number of hydrogen-bond donors (Lipinski definition) is 2. The van der Waals surface area contributed by atoms with Crippen molar-refractivity contribution in [1.29, 1.82) is 0 Å². The Morgan fingerprint density at radius 1 is 1.39 bits per heavy atom. The van der Waals surface area contributed by atoms with E-state index in [2.05, 4.69) is 34.6 Å². The molecule has 28 heavy (non-hydrogen) atoms. The van der Waals surface area contributed by atoms with Gasteiger partial charge in [0.25, 0.3) is 0 Å². The monoisotopic (exact) mass is 393 g/mol. The van der Waals surface area contributed by atoms with Gasteiger partial charge in [-0.25, -0.2) is 4.79 Å². The minimum absolute atomic E-state index is 0.0833. The van der Waals surface area contributed by atoms with Gasteiger partial charge in [0, 0.05) is 26.2 Å². The number of aromatic nitrogens is 1. The van der Waals surface area contributed by atoms with E-state index < -0.39 is 5.60 Å². The average Bonchev–Trinajstić information content (AvgIpc) is 3.10. The zero-order valence-corrected chi connectivity index (χ0v) is 18.0. The summed E-state index contributed by atoms with van der Waals surface area (Å²) in [5.74, 6) is 1.76. The molecule has 1 fully saturated rings. The van der Waals surface area contributed by atoms with Gasteiger partial charge < -0.3 is 24.8 Å². The summed E-state index contributed by atoms with van der Waals surface area (Å²) in [7, 11) is 1.72. The zero-order chi connectivity index (χ0) is 20.7. The third-order valence-electron chi connectivity index (χ3n) is 4.58. The minimum atomic E-state index is -0.490. The van der Waals surface area contributed by atoms with Crippen molar-refractivity contribution >= 4 is 12.1 Å². The number of hydrogen-bond acceptors (Lipinski definition) is 5. The zero-order valence-electron chi connectivity index (χ0n) is 18.0. The van der Waals surface area contributed by atoms with E-state index in [1.807, 2.05) is 31.7 Å². The molecule has 2 N–H and O–H groups in total. The van der Waals surface area contributed by atoms with Gasteiger partial charge >= 0.3 is 6.09 Å². The van der Waals surface area contributed by atoms with Crippen LogP contribution in [0.3, 0.4) is 0 Å². The van der Waals surface area contributed by atoms with Gasteiger partial charge in [-0.1, -0.05) is 19.0 Å². The molecule has 158 valence electrons. The summed E-state index contributed by atoms with van der Waals surface area (Å²) < 4.78 is 10.9. The quantitative estimate of drug-likeness (QED) is 0.589. The molecular weight excluding hydrogens is 358 g/mol. The molecule has 1 aromatic rings. The molecule has 8 heteroatoms. The standard InChI is InChI=1S/C20H35N5O3/c1-14(2)17-11-16(28-24-17)13-23-18(21-6)22-12-15-9-7-8-10-25(15)19(26)27-20(3,4)5/h11,14-15H,7-10,12-13H2,1-6H3,(H2,21,22,23). The Morgan fingerprint density at radius 2 is 2.14 bits per heavy atom. The Balaban J connectivity index is 1.86. The second kappa shape index (κ2) is 9.80. The fraction of sp³-hybridized carbons (Fsp3) is 0.750. The highest BCUT2D eigenvalue weighted by Gasteiger charge is 2.30. The molecule has 0 bridgehead atoms. The first-order valence-electron chi connectivity index (χ1n) is 10.1. The van der Waals surface area contributed by atoms with Crippen molar-refractivity contribution in [2.45, 2.75) is 78.0 Å². The number of nitrogens with one attached hydrogen (secondary N) is 2. The van der Waals surface area contributed by atoms with Crippen molar-refractivity contribution < 1.29 is 14.1 Å². The van der Waals surface area contributed by atoms with Crippen molar-refractivity contribution in [2.24, 2.45) is 4.99 Å². The Morgan fingerprint density at radius 3 is 2.75 bits per heavy atom. The molecule has 0 aromatic carbocycles. The lowest BCUT2D eigenvalue weighted by molar-refractivity contribution is 0.0104. The summed E-state index contributed by atoms with van der Waals surface area (Å²) in [5.41, 5.74) is 0.450. The molecule has 1 aliphatic rings. The van der Waals surface area contributed by atoms with Crippen LogP contribution in [0.4, 0.5) is 4.79 Å². The number of amides is 1. The molecule has 1 saturated heterocycles. The Hall–Kier alpha value is -2.25. The van der Waals surface area contributed by atoms with Gasteiger partial charge in [0.1, 0.15) is 5.60 Å². The molecule has 1 atom stereocenters. The van der Waals surface area contributed by atoms with Crippen molar-refractivity contribution in [1.82, 2.24) is 20.7 Å². The molecule has 1 aliphatic heterocycles. The van der Waals surface area contributed by atoms with E-state index in [1.54, 1.807) is 7.05 Å². The summed E-state index contributed by atoms with van der Waals surface area (Å²) in [5, 5.41) is 10.6. The second-order valence-electron chi connectivity index (χ2n) is 8.50. The van der Waals surface area contributed by atoms with Crippen LogP contribution in [0.2, 0.25) is 0 Å². The lowest BCUT2D eigenvalue weighted by atomic mass is 10.0. The first-order chi connectivity index (χ1) is 13.2. The molecule has 1 aromatic heterocycles. The van der Waals surface area contributed by atoms with E-state index in [0.29, 0.717) is 25.0 Å². The third-order valence-corrected chi connectivity index (χ3v) is 4.58. The number of rotatable bonds is 5. The molecule has 0 aliphatic carbocycles. The van der Waals surface area contributed by atoms with Gasteiger partial charge in [0.15, 0.2) is 11.7 Å². The largest absolute Gasteiger partial charge is 0.444 e. The fourth-order valence-corrected chi connectivity index (χ4v) is 3.06. The van der Waals surface area contributed by atoms with Crippen LogP contribution < -0.4 is 10.6 Å². The minimum Gasteiger partial charge on any atom is -0.444 e. The number of nitrogens with zero attached hydrogens (tertiary/aromatic N) is 3. The van der Waals surface area contributed by atoms with E-state index >= 15 is 0 Å². The SMILES string of the molecule is CN=C(NCc1cc(C(C)C)no1)NCC1CCCCN1C(=O)OC(C)(C)C. The predicted molar refractivity (Wildman–Crippen MR) is 109 cm³/mol. The second-order valence-corrected chi connectivity index (χ2v) is 8.50. The predicted octanol–water partition coefficient (Wildman–Crippen LogP) is 3.25. The summed E-state index contributed by atoms with van der Waals surface area (Å²) in [6.45, 7) is 11.7. The maximum Gasteiger partial charge on any atom is 0.410 e. The van der Waals surface area contributed by atoms with E-state index in [-0.39, 0.29) is 12.1 Å². The highest BCUT2D eigenvalue weighted by molar-refractivity contribution is 5.79. The molecule has 2 rings (SSSR count). The normalized spacial score (nSPS) is 18.3. The molecular formula is C20H35N5O3. The van der Waals surface area contributed by atoms with Gasteiger partial charge in [-0.05, 0) is 46.0 Å². The van der Waals surface area contributed by atoms with E-state index in [4.69, 9.17) is 9.26 Å². The molecule has 0 saturated carbocycles. The van der Waals surface area contributed by atoms with Crippen molar-refractivity contribution in [3.8, 4) is 0 Å². The third kappa shape index (κ3) is 6.73. The molecule has 1 amide bonds. The average molecular weight is 394 g/mol. The van der Waals surface area contributed by atoms with Gasteiger partial charge in [-0.2, -0.15) is 0 Å². The van der Waals surface area contributed by atoms with Crippen LogP contribution in [0.5, 0.6) is 0 Å². The Bertz CT molecular complexity index is 663. The van der Waals surface area contributed by atoms with E-state index in [0.717, 1.165) is 37.3 Å². The number of carbonyl (C=O) groups excluding carboxylic acids is 1. The summed E-state index contributed by atoms with van der Waals surface area (Å²) in [4.78, 5) is 18.6. The van der Waals surface area contributed by atoms with Gasteiger partial charge in [-0.3, -0.25) is 4.99 Å². The van der Waals surface area contributed by atoms with Crippen LogP contribution in [0.25, 0.3) is 0 Å². The molecule has 2 heterocycles. The Labute approximate surface area is 168 Å². The highest BCUT2D eigenvalue weighted by Crippen LogP contribution is 2.20. The molecule has 0 spiro atoms. The van der Waals surface area contributed by atoms with Gasteiger partial charge in [-0.15, -0.1) is 0 Å². The van der Waals surface area contributed by atoms with Crippen molar-refractivity contribution in [3.05, 3.63) is 17.5 Å². The van der Waals surface area contributed by atoms with Crippen LogP contribution >= 0.6 is 0 Å². The Kier molecular flexibility index (Phi) is 7.71. The van der Waals surface area contributed by atoms with Crippen LogP contribution in [-0.4, -0.2) is 53.9 Å². The van der Waals surface area contributed by atoms with Crippen molar-refractivity contribution in [3.63, 3.8) is 0 Å². The van der Waals surface area contributed by atoms with E-state index in [1.165, 1.54) is 0 Å². The summed E-state index contributed by atoms with van der Waals surface area (Å²) >= 11 is 0. The summed E-state index contributed by atoms with van der Waals surface area (Å²) in [6.07, 6.45) is 2.81. The number of likely N-dealkylation sites (tertiary alicyclic amines) is 1. The van der Waals surface area contributed by atoms with Gasteiger partial charge in [0.05, 0.1) is 18.3 Å². The maximum atomic E-state index is 12.5. The van der Waals surface area contributed by atoms with Crippen molar-refractivity contribution in [2.75, 3.05) is 20.1 Å². The topological polar surface area (TPSA) is 92.0 Å². The number of guanidine groups is 1. The van der Waals surface area contributed by atoms with Crippen LogP contribution in [0.15, 0.2) is 15.6 Å². The number of ether oxygens (including phenoxy) is 1. The lowest BCUT2D eigenvalue weighted by Gasteiger charge is -2.37. The number of carbonyl (C=O) groups is 1. The first kappa shape index (κ1) is 22.0. The number of aliphatic imine (C=N–C) groups is 1. The number of piperidine rings is 1. The fourth-order valence-electron chi connectivity index (χ4n) is 3.06.